The highest BCUT2D eigenvalue weighted by molar-refractivity contribution is 7.07. The Bertz CT molecular complexity index is 454. The number of thiazole rings is 1. The first-order chi connectivity index (χ1) is 7.18. The van der Waals surface area contributed by atoms with E-state index in [1.807, 2.05) is 5.38 Å². The molecule has 78 valence electrons. The number of aryl methyl sites for hydroxylation is 1. The number of aromatic nitrogens is 1. The second-order valence-corrected chi connectivity index (χ2v) is 4.12. The van der Waals surface area contributed by atoms with Crippen molar-refractivity contribution in [3.05, 3.63) is 51.7 Å². The maximum atomic E-state index is 13.1. The molecule has 1 heterocycles. The highest BCUT2D eigenvalue weighted by atomic mass is 32.1. The van der Waals surface area contributed by atoms with Crippen molar-refractivity contribution in [2.45, 2.75) is 13.0 Å². The van der Waals surface area contributed by atoms with E-state index in [-0.39, 0.29) is 11.9 Å². The standard InChI is InChI=1S/C11H11FN2S/c1-7-4-8(2-3-9(7)12)11(13)10-5-15-6-14-10/h2-6,11H,13H2,1H3. The van der Waals surface area contributed by atoms with Gasteiger partial charge in [0.25, 0.3) is 0 Å². The van der Waals surface area contributed by atoms with Gasteiger partial charge in [0.15, 0.2) is 0 Å². The van der Waals surface area contributed by atoms with Crippen molar-refractivity contribution in [3.8, 4) is 0 Å². The van der Waals surface area contributed by atoms with Crippen LogP contribution in [0.5, 0.6) is 0 Å². The van der Waals surface area contributed by atoms with Gasteiger partial charge in [0, 0.05) is 5.38 Å². The van der Waals surface area contributed by atoms with Crippen molar-refractivity contribution >= 4 is 11.3 Å². The lowest BCUT2D eigenvalue weighted by Gasteiger charge is -2.10. The van der Waals surface area contributed by atoms with Gasteiger partial charge in [-0.1, -0.05) is 12.1 Å². The molecule has 2 rings (SSSR count). The summed E-state index contributed by atoms with van der Waals surface area (Å²) in [6.07, 6.45) is 0. The monoisotopic (exact) mass is 222 g/mol. The molecule has 1 unspecified atom stereocenters. The average molecular weight is 222 g/mol. The zero-order chi connectivity index (χ0) is 10.8. The fourth-order valence-electron chi connectivity index (χ4n) is 1.41. The van der Waals surface area contributed by atoms with Gasteiger partial charge < -0.3 is 5.73 Å². The van der Waals surface area contributed by atoms with Crippen LogP contribution >= 0.6 is 11.3 Å². The minimum Gasteiger partial charge on any atom is -0.319 e. The molecular formula is C11H11FN2S. The van der Waals surface area contributed by atoms with Crippen LogP contribution in [0.25, 0.3) is 0 Å². The molecule has 0 spiro atoms. The molecular weight excluding hydrogens is 211 g/mol. The van der Waals surface area contributed by atoms with Crippen molar-refractivity contribution in [1.82, 2.24) is 4.98 Å². The van der Waals surface area contributed by atoms with Crippen molar-refractivity contribution < 1.29 is 4.39 Å². The van der Waals surface area contributed by atoms with Gasteiger partial charge in [-0.05, 0) is 24.1 Å². The highest BCUT2D eigenvalue weighted by Gasteiger charge is 2.11. The van der Waals surface area contributed by atoms with Crippen LogP contribution in [0.1, 0.15) is 22.9 Å². The quantitative estimate of drug-likeness (QED) is 0.848. The van der Waals surface area contributed by atoms with Gasteiger partial charge >= 0.3 is 0 Å². The second-order valence-electron chi connectivity index (χ2n) is 3.40. The van der Waals surface area contributed by atoms with E-state index in [1.54, 1.807) is 24.6 Å². The molecule has 2 aromatic rings. The summed E-state index contributed by atoms with van der Waals surface area (Å²) in [6, 6.07) is 4.64. The Kier molecular flexibility index (Phi) is 2.79. The van der Waals surface area contributed by atoms with E-state index in [4.69, 9.17) is 5.73 Å². The van der Waals surface area contributed by atoms with E-state index < -0.39 is 0 Å². The summed E-state index contributed by atoms with van der Waals surface area (Å²) in [5, 5.41) is 1.91. The Morgan fingerprint density at radius 1 is 1.47 bits per heavy atom. The minimum atomic E-state index is -0.268. The van der Waals surface area contributed by atoms with E-state index in [0.717, 1.165) is 11.3 Å². The number of hydrogen-bond donors (Lipinski definition) is 1. The number of benzene rings is 1. The lowest BCUT2D eigenvalue weighted by Crippen LogP contribution is -2.12. The van der Waals surface area contributed by atoms with Crippen molar-refractivity contribution in [2.75, 3.05) is 0 Å². The van der Waals surface area contributed by atoms with Gasteiger partial charge in [0.05, 0.1) is 17.2 Å². The van der Waals surface area contributed by atoms with Crippen molar-refractivity contribution in [3.63, 3.8) is 0 Å². The van der Waals surface area contributed by atoms with Crippen LogP contribution in [0, 0.1) is 12.7 Å². The van der Waals surface area contributed by atoms with Crippen molar-refractivity contribution in [1.29, 1.82) is 0 Å². The predicted molar refractivity (Wildman–Crippen MR) is 59.3 cm³/mol. The first-order valence-electron chi connectivity index (χ1n) is 4.58. The summed E-state index contributed by atoms with van der Waals surface area (Å²) in [6.45, 7) is 1.73. The normalized spacial score (nSPS) is 12.7. The third-order valence-corrected chi connectivity index (χ3v) is 2.92. The Hall–Kier alpha value is -1.26. The van der Waals surface area contributed by atoms with Crippen LogP contribution in [0.4, 0.5) is 4.39 Å². The second kappa shape index (κ2) is 4.08. The molecule has 1 aromatic heterocycles. The van der Waals surface area contributed by atoms with Crippen LogP contribution in [-0.2, 0) is 0 Å². The molecule has 4 heteroatoms. The molecule has 0 aliphatic carbocycles. The Morgan fingerprint density at radius 3 is 2.87 bits per heavy atom. The third kappa shape index (κ3) is 2.06. The molecule has 0 radical (unpaired) electrons. The summed E-state index contributed by atoms with van der Waals surface area (Å²) in [5.74, 6) is -0.204. The van der Waals surface area contributed by atoms with Gasteiger partial charge in [-0.25, -0.2) is 9.37 Å². The Labute approximate surface area is 91.6 Å². The average Bonchev–Trinajstić information content (AvgIpc) is 2.74. The smallest absolute Gasteiger partial charge is 0.126 e. The third-order valence-electron chi connectivity index (χ3n) is 2.31. The maximum Gasteiger partial charge on any atom is 0.126 e. The molecule has 0 aliphatic heterocycles. The van der Waals surface area contributed by atoms with E-state index in [9.17, 15) is 4.39 Å². The Morgan fingerprint density at radius 2 is 2.27 bits per heavy atom. The van der Waals surface area contributed by atoms with E-state index >= 15 is 0 Å². The van der Waals surface area contributed by atoms with E-state index in [2.05, 4.69) is 4.98 Å². The molecule has 0 amide bonds. The van der Waals surface area contributed by atoms with Gasteiger partial charge in [-0.3, -0.25) is 0 Å². The first-order valence-corrected chi connectivity index (χ1v) is 5.52. The van der Waals surface area contributed by atoms with Crippen LogP contribution < -0.4 is 5.73 Å². The lowest BCUT2D eigenvalue weighted by atomic mass is 10.0. The molecule has 0 saturated heterocycles. The van der Waals surface area contributed by atoms with Gasteiger partial charge in [-0.15, -0.1) is 11.3 Å². The first kappa shape index (κ1) is 10.3. The lowest BCUT2D eigenvalue weighted by molar-refractivity contribution is 0.616. The Balaban J connectivity index is 2.34. The summed E-state index contributed by atoms with van der Waals surface area (Å²) >= 11 is 1.50. The summed E-state index contributed by atoms with van der Waals surface area (Å²) in [4.78, 5) is 4.14. The fourth-order valence-corrected chi connectivity index (χ4v) is 2.00. The summed E-state index contributed by atoms with van der Waals surface area (Å²) in [5.41, 5.74) is 10.1. The summed E-state index contributed by atoms with van der Waals surface area (Å²) in [7, 11) is 0. The number of nitrogens with zero attached hydrogens (tertiary/aromatic N) is 1. The van der Waals surface area contributed by atoms with Gasteiger partial charge in [-0.2, -0.15) is 0 Å². The molecule has 2 nitrogen and oxygen atoms in total. The molecule has 0 fully saturated rings. The van der Waals surface area contributed by atoms with Crippen LogP contribution in [0.2, 0.25) is 0 Å². The molecule has 0 bridgehead atoms. The molecule has 0 aliphatic rings. The fraction of sp³-hybridized carbons (Fsp3) is 0.182. The number of halogens is 1. The molecule has 1 atom stereocenters. The minimum absolute atomic E-state index is 0.204. The van der Waals surface area contributed by atoms with E-state index in [0.29, 0.717) is 5.56 Å². The zero-order valence-corrected chi connectivity index (χ0v) is 9.09. The van der Waals surface area contributed by atoms with Crippen LogP contribution in [-0.4, -0.2) is 4.98 Å². The SMILES string of the molecule is Cc1cc(C(N)c2cscn2)ccc1F. The topological polar surface area (TPSA) is 38.9 Å². The summed E-state index contributed by atoms with van der Waals surface area (Å²) < 4.78 is 13.1. The van der Waals surface area contributed by atoms with Crippen molar-refractivity contribution in [2.24, 2.45) is 5.73 Å². The molecule has 1 aromatic carbocycles. The molecule has 15 heavy (non-hydrogen) atoms. The largest absolute Gasteiger partial charge is 0.319 e. The van der Waals surface area contributed by atoms with Gasteiger partial charge in [0.2, 0.25) is 0 Å². The number of rotatable bonds is 2. The predicted octanol–water partition coefficient (Wildman–Crippen LogP) is 2.64. The zero-order valence-electron chi connectivity index (χ0n) is 8.27. The van der Waals surface area contributed by atoms with Gasteiger partial charge in [0.1, 0.15) is 5.82 Å². The number of nitrogens with two attached hydrogens (primary N) is 1. The molecule has 2 N–H and O–H groups in total. The maximum absolute atomic E-state index is 13.1. The van der Waals surface area contributed by atoms with E-state index in [1.165, 1.54) is 17.4 Å². The molecule has 0 saturated carbocycles. The van der Waals surface area contributed by atoms with Crippen LogP contribution in [0.3, 0.4) is 0 Å². The number of hydrogen-bond acceptors (Lipinski definition) is 3. The highest BCUT2D eigenvalue weighted by Crippen LogP contribution is 2.21. The van der Waals surface area contributed by atoms with Crippen LogP contribution in [0.15, 0.2) is 29.1 Å².